The Morgan fingerprint density at radius 2 is 2.50 bits per heavy atom. The van der Waals surface area contributed by atoms with Crippen LogP contribution < -0.4 is 5.73 Å². The van der Waals surface area contributed by atoms with Crippen LogP contribution in [0.4, 0.5) is 0 Å². The van der Waals surface area contributed by atoms with Crippen molar-refractivity contribution >= 4 is 0 Å². The number of H-pyrrole nitrogens is 1. The van der Waals surface area contributed by atoms with E-state index >= 15 is 0 Å². The summed E-state index contributed by atoms with van der Waals surface area (Å²) in [6, 6.07) is -0.468. The lowest BCUT2D eigenvalue weighted by Gasteiger charge is -1.99. The highest BCUT2D eigenvalue weighted by atomic mass is 16.3. The van der Waals surface area contributed by atoms with E-state index in [1.54, 1.807) is 6.92 Å². The number of aromatic nitrogens is 3. The van der Waals surface area contributed by atoms with E-state index in [4.69, 9.17) is 10.8 Å². The Bertz CT molecular complexity index is 209. The molecule has 0 aromatic carbocycles. The van der Waals surface area contributed by atoms with Gasteiger partial charge in [0.1, 0.15) is 5.82 Å². The van der Waals surface area contributed by atoms with E-state index in [0.29, 0.717) is 11.6 Å². The fraction of sp³-hybridized carbons (Fsp3) is 0.600. The van der Waals surface area contributed by atoms with E-state index in [1.807, 2.05) is 0 Å². The Labute approximate surface area is 58.3 Å². The van der Waals surface area contributed by atoms with E-state index in [0.717, 1.165) is 0 Å². The lowest BCUT2D eigenvalue weighted by molar-refractivity contribution is 0.263. The Kier molecular flexibility index (Phi) is 1.98. The number of aliphatic hydroxyl groups is 1. The van der Waals surface area contributed by atoms with Crippen LogP contribution in [0.3, 0.4) is 0 Å². The second kappa shape index (κ2) is 2.76. The third-order valence-corrected chi connectivity index (χ3v) is 1.14. The molecule has 0 aliphatic carbocycles. The SMILES string of the molecule is Cc1nc([C@@H](N)CO)n[nH]1. The van der Waals surface area contributed by atoms with Crippen molar-refractivity contribution in [2.45, 2.75) is 13.0 Å². The number of hydrogen-bond acceptors (Lipinski definition) is 4. The maximum absolute atomic E-state index is 8.58. The summed E-state index contributed by atoms with van der Waals surface area (Å²) in [5, 5.41) is 15.0. The predicted octanol–water partition coefficient (Wildman–Crippen LogP) is -0.895. The van der Waals surface area contributed by atoms with Gasteiger partial charge in [-0.1, -0.05) is 0 Å². The first-order chi connectivity index (χ1) is 4.74. The molecule has 56 valence electrons. The molecule has 1 atom stereocenters. The van der Waals surface area contributed by atoms with Gasteiger partial charge in [0.15, 0.2) is 5.82 Å². The maximum Gasteiger partial charge on any atom is 0.169 e. The molecule has 0 aliphatic heterocycles. The summed E-state index contributed by atoms with van der Waals surface area (Å²) in [7, 11) is 0. The highest BCUT2D eigenvalue weighted by molar-refractivity contribution is 4.93. The molecule has 1 aromatic rings. The molecule has 10 heavy (non-hydrogen) atoms. The number of nitrogens with two attached hydrogens (primary N) is 1. The molecule has 5 heteroatoms. The van der Waals surface area contributed by atoms with Crippen LogP contribution in [0.15, 0.2) is 0 Å². The maximum atomic E-state index is 8.58. The van der Waals surface area contributed by atoms with E-state index in [-0.39, 0.29) is 6.61 Å². The molecule has 4 N–H and O–H groups in total. The summed E-state index contributed by atoms with van der Waals surface area (Å²) in [4.78, 5) is 3.93. The van der Waals surface area contributed by atoms with Gasteiger partial charge >= 0.3 is 0 Å². The molecule has 1 aromatic heterocycles. The van der Waals surface area contributed by atoms with Crippen LogP contribution in [0, 0.1) is 6.92 Å². The molecule has 0 saturated heterocycles. The fourth-order valence-electron chi connectivity index (χ4n) is 0.607. The van der Waals surface area contributed by atoms with Gasteiger partial charge in [-0.3, -0.25) is 5.10 Å². The quantitative estimate of drug-likeness (QED) is 0.499. The second-order valence-corrected chi connectivity index (χ2v) is 2.07. The highest BCUT2D eigenvalue weighted by Gasteiger charge is 2.08. The lowest BCUT2D eigenvalue weighted by atomic mass is 10.3. The van der Waals surface area contributed by atoms with Crippen molar-refractivity contribution < 1.29 is 5.11 Å². The van der Waals surface area contributed by atoms with E-state index in [9.17, 15) is 0 Å². The summed E-state index contributed by atoms with van der Waals surface area (Å²) in [5.41, 5.74) is 5.41. The van der Waals surface area contributed by atoms with Crippen molar-refractivity contribution in [3.63, 3.8) is 0 Å². The van der Waals surface area contributed by atoms with Crippen molar-refractivity contribution in [3.05, 3.63) is 11.6 Å². The molecule has 0 spiro atoms. The summed E-state index contributed by atoms with van der Waals surface area (Å²) in [6.07, 6.45) is 0. The number of hydrogen-bond donors (Lipinski definition) is 3. The number of aromatic amines is 1. The van der Waals surface area contributed by atoms with E-state index in [2.05, 4.69) is 15.2 Å². The minimum atomic E-state index is -0.468. The van der Waals surface area contributed by atoms with Gasteiger partial charge in [0.2, 0.25) is 0 Å². The number of aryl methyl sites for hydroxylation is 1. The molecule has 0 unspecified atom stereocenters. The number of nitrogens with one attached hydrogen (secondary N) is 1. The summed E-state index contributed by atoms with van der Waals surface area (Å²) in [5.74, 6) is 1.17. The molecule has 0 bridgehead atoms. The fourth-order valence-corrected chi connectivity index (χ4v) is 0.607. The molecule has 0 amide bonds. The topological polar surface area (TPSA) is 87.8 Å². The molecule has 1 heterocycles. The second-order valence-electron chi connectivity index (χ2n) is 2.07. The van der Waals surface area contributed by atoms with Gasteiger partial charge in [-0.2, -0.15) is 5.10 Å². The zero-order chi connectivity index (χ0) is 7.56. The van der Waals surface area contributed by atoms with E-state index < -0.39 is 6.04 Å². The molecule has 1 rings (SSSR count). The van der Waals surface area contributed by atoms with Crippen LogP contribution >= 0.6 is 0 Å². The molecule has 5 nitrogen and oxygen atoms in total. The molecule has 0 aliphatic rings. The standard InChI is InChI=1S/C5H10N4O/c1-3-7-5(9-8-3)4(6)2-10/h4,10H,2,6H2,1H3,(H,7,8,9)/t4-/m0/s1. The van der Waals surface area contributed by atoms with Crippen LogP contribution in [0.5, 0.6) is 0 Å². The highest BCUT2D eigenvalue weighted by Crippen LogP contribution is 2.00. The van der Waals surface area contributed by atoms with E-state index in [1.165, 1.54) is 0 Å². The summed E-state index contributed by atoms with van der Waals surface area (Å²) >= 11 is 0. The largest absolute Gasteiger partial charge is 0.394 e. The van der Waals surface area contributed by atoms with Crippen LogP contribution in [-0.4, -0.2) is 26.9 Å². The predicted molar refractivity (Wildman–Crippen MR) is 35.1 cm³/mol. The third kappa shape index (κ3) is 1.31. The number of rotatable bonds is 2. The lowest BCUT2D eigenvalue weighted by Crippen LogP contribution is -2.16. The first-order valence-electron chi connectivity index (χ1n) is 2.99. The van der Waals surface area contributed by atoms with Gasteiger partial charge in [0, 0.05) is 0 Å². The van der Waals surface area contributed by atoms with Gasteiger partial charge < -0.3 is 10.8 Å². The first kappa shape index (κ1) is 7.17. The molecule has 0 saturated carbocycles. The average molecular weight is 142 g/mol. The average Bonchev–Trinajstić information content (AvgIpc) is 2.34. The van der Waals surface area contributed by atoms with Gasteiger partial charge in [0.25, 0.3) is 0 Å². The van der Waals surface area contributed by atoms with Crippen molar-refractivity contribution in [2.24, 2.45) is 5.73 Å². The first-order valence-corrected chi connectivity index (χ1v) is 2.99. The van der Waals surface area contributed by atoms with Crippen LogP contribution in [-0.2, 0) is 0 Å². The normalized spacial score (nSPS) is 13.5. The molecule has 0 radical (unpaired) electrons. The summed E-state index contributed by atoms with van der Waals surface area (Å²) < 4.78 is 0. The zero-order valence-corrected chi connectivity index (χ0v) is 5.70. The van der Waals surface area contributed by atoms with Gasteiger partial charge in [-0.15, -0.1) is 0 Å². The van der Waals surface area contributed by atoms with Gasteiger partial charge in [-0.05, 0) is 6.92 Å². The Balaban J connectivity index is 2.74. The van der Waals surface area contributed by atoms with Crippen molar-refractivity contribution in [3.8, 4) is 0 Å². The summed E-state index contributed by atoms with van der Waals surface area (Å²) in [6.45, 7) is 1.65. The number of aliphatic hydroxyl groups excluding tert-OH is 1. The third-order valence-electron chi connectivity index (χ3n) is 1.14. The molecular weight excluding hydrogens is 132 g/mol. The molecular formula is C5H10N4O. The van der Waals surface area contributed by atoms with Gasteiger partial charge in [-0.25, -0.2) is 4.98 Å². The van der Waals surface area contributed by atoms with Crippen LogP contribution in [0.1, 0.15) is 17.7 Å². The molecule has 0 fully saturated rings. The monoisotopic (exact) mass is 142 g/mol. The van der Waals surface area contributed by atoms with Gasteiger partial charge in [0.05, 0.1) is 12.6 Å². The minimum Gasteiger partial charge on any atom is -0.394 e. The Morgan fingerprint density at radius 3 is 2.90 bits per heavy atom. The van der Waals surface area contributed by atoms with Crippen molar-refractivity contribution in [1.82, 2.24) is 15.2 Å². The van der Waals surface area contributed by atoms with Crippen molar-refractivity contribution in [2.75, 3.05) is 6.61 Å². The van der Waals surface area contributed by atoms with Crippen LogP contribution in [0.2, 0.25) is 0 Å². The van der Waals surface area contributed by atoms with Crippen LogP contribution in [0.25, 0.3) is 0 Å². The zero-order valence-electron chi connectivity index (χ0n) is 5.70. The number of nitrogens with zero attached hydrogens (tertiary/aromatic N) is 2. The Hall–Kier alpha value is -0.940. The Morgan fingerprint density at radius 1 is 1.80 bits per heavy atom. The van der Waals surface area contributed by atoms with Crippen molar-refractivity contribution in [1.29, 1.82) is 0 Å². The minimum absolute atomic E-state index is 0.128. The smallest absolute Gasteiger partial charge is 0.169 e.